The summed E-state index contributed by atoms with van der Waals surface area (Å²) in [4.78, 5) is 12.4. The minimum absolute atomic E-state index is 0.198. The second-order valence-electron chi connectivity index (χ2n) is 7.82. The zero-order chi connectivity index (χ0) is 23.8. The lowest BCUT2D eigenvalue weighted by atomic mass is 10.1. The molecule has 0 saturated carbocycles. The average Bonchev–Trinajstić information content (AvgIpc) is 2.88. The molecule has 34 heavy (non-hydrogen) atoms. The van der Waals surface area contributed by atoms with E-state index in [4.69, 9.17) is 23.7 Å². The zero-order valence-corrected chi connectivity index (χ0v) is 19.9. The van der Waals surface area contributed by atoms with Crippen molar-refractivity contribution in [3.63, 3.8) is 0 Å². The molecule has 0 radical (unpaired) electrons. The molecule has 0 amide bonds. The first-order valence-electron chi connectivity index (χ1n) is 11.9. The predicted octanol–water partition coefficient (Wildman–Crippen LogP) is 5.43. The number of benzene rings is 3. The van der Waals surface area contributed by atoms with Crippen molar-refractivity contribution in [1.29, 1.82) is 0 Å². The molecule has 0 atom stereocenters. The minimum atomic E-state index is -0.365. The van der Waals surface area contributed by atoms with Gasteiger partial charge in [-0.05, 0) is 47.0 Å². The van der Waals surface area contributed by atoms with Gasteiger partial charge in [0, 0.05) is 6.61 Å². The van der Waals surface area contributed by atoms with Crippen molar-refractivity contribution in [1.82, 2.24) is 0 Å². The highest BCUT2D eigenvalue weighted by atomic mass is 16.6. The van der Waals surface area contributed by atoms with Gasteiger partial charge in [-0.25, -0.2) is 4.79 Å². The van der Waals surface area contributed by atoms with E-state index in [9.17, 15) is 4.79 Å². The van der Waals surface area contributed by atoms with Gasteiger partial charge in [-0.2, -0.15) is 0 Å². The number of carbonyl (C=O) groups excluding carboxylic acids is 1. The molecule has 0 bridgehead atoms. The monoisotopic (exact) mass is 466 g/mol. The summed E-state index contributed by atoms with van der Waals surface area (Å²) >= 11 is 0. The van der Waals surface area contributed by atoms with Gasteiger partial charge in [0.2, 0.25) is 0 Å². The SMILES string of the molecule is CCCCOCCOCCOCCOC(=O)c1ccc2cc(OCc3ccccc3)ccc2c1. The fourth-order valence-corrected chi connectivity index (χ4v) is 3.25. The van der Waals surface area contributed by atoms with Crippen molar-refractivity contribution in [3.8, 4) is 5.75 Å². The molecule has 0 aliphatic carbocycles. The van der Waals surface area contributed by atoms with Gasteiger partial charge in [0.1, 0.15) is 19.0 Å². The van der Waals surface area contributed by atoms with Crippen LogP contribution >= 0.6 is 0 Å². The second-order valence-corrected chi connectivity index (χ2v) is 7.82. The Bertz CT molecular complexity index is 989. The van der Waals surface area contributed by atoms with Crippen LogP contribution < -0.4 is 4.74 Å². The topological polar surface area (TPSA) is 63.2 Å². The Hall–Kier alpha value is -2.93. The summed E-state index contributed by atoms with van der Waals surface area (Å²) in [7, 11) is 0. The van der Waals surface area contributed by atoms with E-state index in [1.807, 2.05) is 60.7 Å². The third-order valence-electron chi connectivity index (χ3n) is 5.14. The molecule has 3 rings (SSSR count). The first-order valence-corrected chi connectivity index (χ1v) is 11.9. The normalized spacial score (nSPS) is 11.0. The highest BCUT2D eigenvalue weighted by Crippen LogP contribution is 2.23. The van der Waals surface area contributed by atoms with Gasteiger partial charge in [-0.3, -0.25) is 0 Å². The summed E-state index contributed by atoms with van der Waals surface area (Å²) in [5.74, 6) is 0.423. The molecule has 0 spiro atoms. The molecule has 3 aromatic carbocycles. The Labute approximate surface area is 201 Å². The van der Waals surface area contributed by atoms with Gasteiger partial charge in [0.05, 0.1) is 38.6 Å². The lowest BCUT2D eigenvalue weighted by Crippen LogP contribution is -2.14. The summed E-state index contributed by atoms with van der Waals surface area (Å²) in [5.41, 5.74) is 1.63. The average molecular weight is 467 g/mol. The van der Waals surface area contributed by atoms with E-state index in [0.717, 1.165) is 41.5 Å². The van der Waals surface area contributed by atoms with Crippen LogP contribution in [0.3, 0.4) is 0 Å². The van der Waals surface area contributed by atoms with Crippen LogP contribution in [-0.4, -0.2) is 52.2 Å². The number of rotatable bonds is 16. The van der Waals surface area contributed by atoms with Crippen LogP contribution in [0.1, 0.15) is 35.7 Å². The number of unbranched alkanes of at least 4 members (excludes halogenated alkanes) is 1. The van der Waals surface area contributed by atoms with Gasteiger partial charge >= 0.3 is 5.97 Å². The zero-order valence-electron chi connectivity index (χ0n) is 19.9. The molecule has 0 fully saturated rings. The minimum Gasteiger partial charge on any atom is -0.489 e. The van der Waals surface area contributed by atoms with Crippen LogP contribution in [0, 0.1) is 0 Å². The number of hydrogen-bond acceptors (Lipinski definition) is 6. The van der Waals surface area contributed by atoms with E-state index in [2.05, 4.69) is 6.92 Å². The Morgan fingerprint density at radius 3 is 2.09 bits per heavy atom. The standard InChI is InChI=1S/C28H34O6/c1-2-3-13-30-14-15-31-16-17-32-18-19-33-28(29)26-10-9-25-21-27(12-11-24(25)20-26)34-22-23-7-5-4-6-8-23/h4-12,20-21H,2-3,13-19,22H2,1H3. The Morgan fingerprint density at radius 1 is 0.706 bits per heavy atom. The van der Waals surface area contributed by atoms with Gasteiger partial charge in [-0.1, -0.05) is 55.8 Å². The van der Waals surface area contributed by atoms with Crippen LogP contribution in [0.2, 0.25) is 0 Å². The second kappa shape index (κ2) is 15.1. The van der Waals surface area contributed by atoms with Gasteiger partial charge in [0.25, 0.3) is 0 Å². The molecule has 6 heteroatoms. The van der Waals surface area contributed by atoms with E-state index in [0.29, 0.717) is 45.2 Å². The number of esters is 1. The molecule has 0 unspecified atom stereocenters. The first kappa shape index (κ1) is 25.7. The summed E-state index contributed by atoms with van der Waals surface area (Å²) < 4.78 is 27.5. The molecule has 3 aromatic rings. The number of hydrogen-bond donors (Lipinski definition) is 0. The molecule has 6 nitrogen and oxygen atoms in total. The molecular weight excluding hydrogens is 432 g/mol. The van der Waals surface area contributed by atoms with Crippen LogP contribution in [0.5, 0.6) is 5.75 Å². The van der Waals surface area contributed by atoms with E-state index >= 15 is 0 Å². The third-order valence-corrected chi connectivity index (χ3v) is 5.14. The van der Waals surface area contributed by atoms with Crippen molar-refractivity contribution in [2.75, 3.05) is 46.2 Å². The molecule has 0 aromatic heterocycles. The van der Waals surface area contributed by atoms with Gasteiger partial charge in [-0.15, -0.1) is 0 Å². The van der Waals surface area contributed by atoms with Crippen molar-refractivity contribution >= 4 is 16.7 Å². The molecule has 0 saturated heterocycles. The van der Waals surface area contributed by atoms with Crippen LogP contribution in [-0.2, 0) is 25.6 Å². The Balaban J connectivity index is 1.32. The van der Waals surface area contributed by atoms with E-state index in [-0.39, 0.29) is 12.6 Å². The van der Waals surface area contributed by atoms with Gasteiger partial charge < -0.3 is 23.7 Å². The van der Waals surface area contributed by atoms with Crippen molar-refractivity contribution in [3.05, 3.63) is 77.9 Å². The maximum atomic E-state index is 12.4. The summed E-state index contributed by atoms with van der Waals surface area (Å²) in [6, 6.07) is 21.4. The molecule has 0 aliphatic rings. The van der Waals surface area contributed by atoms with E-state index in [1.165, 1.54) is 0 Å². The molecule has 0 heterocycles. The van der Waals surface area contributed by atoms with E-state index < -0.39 is 0 Å². The number of ether oxygens (including phenoxy) is 5. The predicted molar refractivity (Wildman–Crippen MR) is 132 cm³/mol. The lowest BCUT2D eigenvalue weighted by molar-refractivity contribution is 0.000292. The first-order chi connectivity index (χ1) is 16.8. The smallest absolute Gasteiger partial charge is 0.338 e. The van der Waals surface area contributed by atoms with Crippen LogP contribution in [0.25, 0.3) is 10.8 Å². The van der Waals surface area contributed by atoms with Crippen LogP contribution in [0.4, 0.5) is 0 Å². The Kier molecular flexibility index (Phi) is 11.4. The fourth-order valence-electron chi connectivity index (χ4n) is 3.25. The number of carbonyl (C=O) groups is 1. The highest BCUT2D eigenvalue weighted by Gasteiger charge is 2.08. The summed E-state index contributed by atoms with van der Waals surface area (Å²) in [6.45, 7) is 6.07. The molecule has 0 aliphatic heterocycles. The summed E-state index contributed by atoms with van der Waals surface area (Å²) in [5, 5.41) is 1.95. The van der Waals surface area contributed by atoms with Crippen molar-refractivity contribution < 1.29 is 28.5 Å². The maximum Gasteiger partial charge on any atom is 0.338 e. The van der Waals surface area contributed by atoms with Crippen LogP contribution in [0.15, 0.2) is 66.7 Å². The van der Waals surface area contributed by atoms with Crippen molar-refractivity contribution in [2.45, 2.75) is 26.4 Å². The quantitative estimate of drug-likeness (QED) is 0.207. The third kappa shape index (κ3) is 9.14. The van der Waals surface area contributed by atoms with E-state index in [1.54, 1.807) is 6.07 Å². The highest BCUT2D eigenvalue weighted by molar-refractivity contribution is 5.95. The maximum absolute atomic E-state index is 12.4. The summed E-state index contributed by atoms with van der Waals surface area (Å²) in [6.07, 6.45) is 2.21. The lowest BCUT2D eigenvalue weighted by Gasteiger charge is -2.09. The fraction of sp³-hybridized carbons (Fsp3) is 0.393. The molecule has 0 N–H and O–H groups in total. The molecule has 182 valence electrons. The largest absolute Gasteiger partial charge is 0.489 e. The van der Waals surface area contributed by atoms with Crippen molar-refractivity contribution in [2.24, 2.45) is 0 Å². The number of fused-ring (bicyclic) bond motifs is 1. The molecular formula is C28H34O6. The Morgan fingerprint density at radius 2 is 1.35 bits per heavy atom. The van der Waals surface area contributed by atoms with Gasteiger partial charge in [0.15, 0.2) is 0 Å².